The Kier molecular flexibility index (Phi) is 5.44. The number of rotatable bonds is 7. The van der Waals surface area contributed by atoms with E-state index in [4.69, 9.17) is 10.5 Å². The molecule has 0 radical (unpaired) electrons. The van der Waals surface area contributed by atoms with Crippen LogP contribution in [0.15, 0.2) is 54.6 Å². The van der Waals surface area contributed by atoms with Gasteiger partial charge in [-0.25, -0.2) is 4.39 Å². The first-order valence-corrected chi connectivity index (χ1v) is 6.94. The van der Waals surface area contributed by atoms with Gasteiger partial charge in [0, 0.05) is 0 Å². The Morgan fingerprint density at radius 1 is 1.10 bits per heavy atom. The van der Waals surface area contributed by atoms with Crippen LogP contribution in [0.1, 0.15) is 17.5 Å². The highest BCUT2D eigenvalue weighted by Crippen LogP contribution is 2.25. The van der Waals surface area contributed by atoms with E-state index in [9.17, 15) is 9.50 Å². The summed E-state index contributed by atoms with van der Waals surface area (Å²) in [5.41, 5.74) is 5.98. The van der Waals surface area contributed by atoms with Crippen LogP contribution in [0.25, 0.3) is 0 Å². The van der Waals surface area contributed by atoms with Gasteiger partial charge in [0.05, 0.1) is 13.2 Å². The van der Waals surface area contributed by atoms with Crippen LogP contribution in [-0.2, 0) is 16.9 Å². The van der Waals surface area contributed by atoms with Gasteiger partial charge in [0.2, 0.25) is 0 Å². The van der Waals surface area contributed by atoms with Gasteiger partial charge in [-0.1, -0.05) is 42.5 Å². The molecule has 0 bridgehead atoms. The van der Waals surface area contributed by atoms with E-state index in [0.29, 0.717) is 13.0 Å². The van der Waals surface area contributed by atoms with E-state index < -0.39 is 5.60 Å². The van der Waals surface area contributed by atoms with Gasteiger partial charge in [0.1, 0.15) is 11.4 Å². The van der Waals surface area contributed by atoms with Crippen molar-refractivity contribution in [2.45, 2.75) is 18.6 Å². The Labute approximate surface area is 124 Å². The predicted molar refractivity (Wildman–Crippen MR) is 80.1 cm³/mol. The molecule has 0 heterocycles. The molecular weight excluding hydrogens is 269 g/mol. The molecule has 3 nitrogen and oxygen atoms in total. The summed E-state index contributed by atoms with van der Waals surface area (Å²) in [6.07, 6.45) is 0.403. The van der Waals surface area contributed by atoms with Crippen LogP contribution in [0.4, 0.5) is 4.39 Å². The largest absolute Gasteiger partial charge is 0.383 e. The van der Waals surface area contributed by atoms with Crippen LogP contribution in [0.3, 0.4) is 0 Å². The lowest BCUT2D eigenvalue weighted by molar-refractivity contribution is -0.0603. The fourth-order valence-electron chi connectivity index (χ4n) is 2.25. The molecule has 2 aromatic carbocycles. The number of halogens is 1. The van der Waals surface area contributed by atoms with Crippen molar-refractivity contribution < 1.29 is 14.2 Å². The number of nitrogens with two attached hydrogens (primary N) is 1. The maximum Gasteiger partial charge on any atom is 0.123 e. The van der Waals surface area contributed by atoms with Gasteiger partial charge in [-0.15, -0.1) is 0 Å². The molecule has 0 saturated heterocycles. The minimum absolute atomic E-state index is 0.116. The van der Waals surface area contributed by atoms with Crippen molar-refractivity contribution in [3.8, 4) is 0 Å². The van der Waals surface area contributed by atoms with Crippen molar-refractivity contribution in [3.63, 3.8) is 0 Å². The summed E-state index contributed by atoms with van der Waals surface area (Å²) >= 11 is 0. The second kappa shape index (κ2) is 7.31. The first-order chi connectivity index (χ1) is 10.1. The van der Waals surface area contributed by atoms with E-state index in [0.717, 1.165) is 11.1 Å². The summed E-state index contributed by atoms with van der Waals surface area (Å²) < 4.78 is 18.7. The summed E-state index contributed by atoms with van der Waals surface area (Å²) in [4.78, 5) is 0. The fourth-order valence-corrected chi connectivity index (χ4v) is 2.25. The Balaban J connectivity index is 2.00. The minimum Gasteiger partial charge on any atom is -0.383 e. The van der Waals surface area contributed by atoms with Crippen LogP contribution >= 0.6 is 0 Å². The zero-order valence-electron chi connectivity index (χ0n) is 11.8. The van der Waals surface area contributed by atoms with Crippen molar-refractivity contribution in [2.75, 3.05) is 13.2 Å². The molecule has 0 aliphatic rings. The highest BCUT2D eigenvalue weighted by Gasteiger charge is 2.28. The summed E-state index contributed by atoms with van der Waals surface area (Å²) in [5.74, 6) is -0.295. The van der Waals surface area contributed by atoms with E-state index in [1.165, 1.54) is 12.1 Å². The molecule has 0 aliphatic heterocycles. The Morgan fingerprint density at radius 3 is 2.52 bits per heavy atom. The topological polar surface area (TPSA) is 55.5 Å². The molecule has 0 aromatic heterocycles. The first kappa shape index (κ1) is 15.6. The lowest BCUT2D eigenvalue weighted by atomic mass is 9.91. The fraction of sp³-hybridized carbons (Fsp3) is 0.294. The highest BCUT2D eigenvalue weighted by atomic mass is 19.1. The zero-order valence-corrected chi connectivity index (χ0v) is 11.8. The number of hydrogen-bond donors (Lipinski definition) is 2. The lowest BCUT2D eigenvalue weighted by Gasteiger charge is -2.28. The number of ether oxygens (including phenoxy) is 1. The van der Waals surface area contributed by atoms with Crippen LogP contribution < -0.4 is 5.73 Å². The van der Waals surface area contributed by atoms with Crippen molar-refractivity contribution >= 4 is 0 Å². The van der Waals surface area contributed by atoms with Crippen molar-refractivity contribution in [1.29, 1.82) is 0 Å². The van der Waals surface area contributed by atoms with Crippen LogP contribution in [0, 0.1) is 5.82 Å². The monoisotopic (exact) mass is 289 g/mol. The average Bonchev–Trinajstić information content (AvgIpc) is 2.48. The average molecular weight is 289 g/mol. The molecule has 3 N–H and O–H groups in total. The van der Waals surface area contributed by atoms with Crippen molar-refractivity contribution in [2.24, 2.45) is 5.73 Å². The van der Waals surface area contributed by atoms with Crippen LogP contribution in [0.2, 0.25) is 0 Å². The molecule has 0 saturated carbocycles. The molecule has 4 heteroatoms. The molecule has 1 unspecified atom stereocenters. The minimum atomic E-state index is -1.12. The smallest absolute Gasteiger partial charge is 0.123 e. The van der Waals surface area contributed by atoms with E-state index in [2.05, 4.69) is 0 Å². The lowest BCUT2D eigenvalue weighted by Crippen LogP contribution is -2.34. The SMILES string of the molecule is NCCC(O)(COCc1cccc(F)c1)c1ccccc1. The highest BCUT2D eigenvalue weighted by molar-refractivity contribution is 5.22. The van der Waals surface area contributed by atoms with Gasteiger partial charge < -0.3 is 15.6 Å². The summed E-state index contributed by atoms with van der Waals surface area (Å²) in [6.45, 7) is 0.719. The zero-order chi connectivity index (χ0) is 15.1. The molecule has 2 rings (SSSR count). The molecule has 1 atom stereocenters. The molecular formula is C17H20FNO2. The summed E-state index contributed by atoms with van der Waals surface area (Å²) in [6, 6.07) is 15.5. The second-order valence-electron chi connectivity index (χ2n) is 5.06. The maximum absolute atomic E-state index is 13.1. The number of hydrogen-bond acceptors (Lipinski definition) is 3. The third-order valence-electron chi connectivity index (χ3n) is 3.37. The second-order valence-corrected chi connectivity index (χ2v) is 5.06. The van der Waals surface area contributed by atoms with Crippen LogP contribution in [0.5, 0.6) is 0 Å². The normalized spacial score (nSPS) is 13.9. The molecule has 0 spiro atoms. The molecule has 112 valence electrons. The molecule has 0 fully saturated rings. The third-order valence-corrected chi connectivity index (χ3v) is 3.37. The van der Waals surface area contributed by atoms with Gasteiger partial charge >= 0.3 is 0 Å². The molecule has 0 aliphatic carbocycles. The van der Waals surface area contributed by atoms with Gasteiger partial charge in [-0.2, -0.15) is 0 Å². The summed E-state index contributed by atoms with van der Waals surface area (Å²) in [7, 11) is 0. The molecule has 21 heavy (non-hydrogen) atoms. The standard InChI is InChI=1S/C17H20FNO2/c18-16-8-4-5-14(11-16)12-21-13-17(20,9-10-19)15-6-2-1-3-7-15/h1-8,11,20H,9-10,12-13,19H2. The van der Waals surface area contributed by atoms with Crippen LogP contribution in [-0.4, -0.2) is 18.3 Å². The van der Waals surface area contributed by atoms with E-state index >= 15 is 0 Å². The maximum atomic E-state index is 13.1. The van der Waals surface area contributed by atoms with Crippen molar-refractivity contribution in [3.05, 3.63) is 71.5 Å². The van der Waals surface area contributed by atoms with Gasteiger partial charge in [0.15, 0.2) is 0 Å². The summed E-state index contributed by atoms with van der Waals surface area (Å²) in [5, 5.41) is 10.7. The quantitative estimate of drug-likeness (QED) is 0.823. The van der Waals surface area contributed by atoms with Gasteiger partial charge in [-0.05, 0) is 36.2 Å². The van der Waals surface area contributed by atoms with E-state index in [1.807, 2.05) is 30.3 Å². The van der Waals surface area contributed by atoms with Gasteiger partial charge in [-0.3, -0.25) is 0 Å². The van der Waals surface area contributed by atoms with Crippen molar-refractivity contribution in [1.82, 2.24) is 0 Å². The molecule has 0 amide bonds. The first-order valence-electron chi connectivity index (χ1n) is 6.94. The predicted octanol–water partition coefficient (Wildman–Crippen LogP) is 2.58. The Hall–Kier alpha value is -1.75. The Morgan fingerprint density at radius 2 is 1.86 bits per heavy atom. The van der Waals surface area contributed by atoms with Gasteiger partial charge in [0.25, 0.3) is 0 Å². The number of benzene rings is 2. The van der Waals surface area contributed by atoms with E-state index in [1.54, 1.807) is 12.1 Å². The Bertz CT molecular complexity index is 562. The number of aliphatic hydroxyl groups is 1. The van der Waals surface area contributed by atoms with E-state index in [-0.39, 0.29) is 19.0 Å². The molecule has 2 aromatic rings. The third kappa shape index (κ3) is 4.36.